The van der Waals surface area contributed by atoms with Gasteiger partial charge in [0.25, 0.3) is 0 Å². The van der Waals surface area contributed by atoms with Gasteiger partial charge in [-0.3, -0.25) is 9.59 Å². The monoisotopic (exact) mass is 476 g/mol. The Balaban J connectivity index is 0.00000199. The molecule has 2 aliphatic carbocycles. The molecule has 3 aliphatic rings. The molecule has 2 bridgehead atoms. The van der Waals surface area contributed by atoms with Crippen LogP contribution in [0.2, 0.25) is 0 Å². The summed E-state index contributed by atoms with van der Waals surface area (Å²) in [6, 6.07) is 2.12. The summed E-state index contributed by atoms with van der Waals surface area (Å²) in [6.45, 7) is 9.21. The maximum absolute atomic E-state index is 13.4. The molecule has 0 spiro atoms. The first kappa shape index (κ1) is 28.6. The van der Waals surface area contributed by atoms with Crippen LogP contribution < -0.4 is 11.5 Å². The van der Waals surface area contributed by atoms with Crippen molar-refractivity contribution >= 4 is 11.9 Å². The van der Waals surface area contributed by atoms with Crippen LogP contribution >= 0.6 is 0 Å². The second-order valence-corrected chi connectivity index (χ2v) is 11.5. The van der Waals surface area contributed by atoms with E-state index in [1.54, 1.807) is 0 Å². The molecule has 3 fully saturated rings. The molecule has 1 amide bonds. The van der Waals surface area contributed by atoms with Crippen LogP contribution in [0.15, 0.2) is 0 Å². The predicted molar refractivity (Wildman–Crippen MR) is 134 cm³/mol. The van der Waals surface area contributed by atoms with Crippen molar-refractivity contribution < 1.29 is 14.3 Å². The van der Waals surface area contributed by atoms with E-state index in [0.717, 1.165) is 57.8 Å². The van der Waals surface area contributed by atoms with E-state index in [4.69, 9.17) is 10.5 Å². The Labute approximate surface area is 206 Å². The highest BCUT2D eigenvalue weighted by molar-refractivity contribution is 5.78. The van der Waals surface area contributed by atoms with Gasteiger partial charge in [-0.15, -0.1) is 0 Å². The summed E-state index contributed by atoms with van der Waals surface area (Å²) >= 11 is 0. The highest BCUT2D eigenvalue weighted by Crippen LogP contribution is 2.56. The van der Waals surface area contributed by atoms with E-state index in [1.165, 1.54) is 7.05 Å². The Hall–Kier alpha value is -1.65. The third kappa shape index (κ3) is 6.73. The summed E-state index contributed by atoms with van der Waals surface area (Å²) < 4.78 is 6.25. The normalized spacial score (nSPS) is 36.8. The fraction of sp³-hybridized carbons (Fsp3) is 0.889. The average Bonchev–Trinajstić information content (AvgIpc) is 3.07. The van der Waals surface area contributed by atoms with Crippen LogP contribution in [0.5, 0.6) is 0 Å². The Kier molecular flexibility index (Phi) is 10.4. The number of fused-ring (bicyclic) bond motifs is 2. The largest absolute Gasteiger partial charge is 0.459 e. The number of rotatable bonds is 8. The summed E-state index contributed by atoms with van der Waals surface area (Å²) in [5, 5.41) is 9.60. The molecule has 1 saturated heterocycles. The highest BCUT2D eigenvalue weighted by atomic mass is 16.6. The van der Waals surface area contributed by atoms with E-state index in [9.17, 15) is 14.9 Å². The molecule has 0 radical (unpaired) electrons. The molecule has 6 unspecified atom stereocenters. The molecular formula is C27H48N4O3. The molecule has 0 aromatic rings. The lowest BCUT2D eigenvalue weighted by atomic mass is 9.56. The molecule has 0 aromatic carbocycles. The number of amides is 1. The Morgan fingerprint density at radius 3 is 2.47 bits per heavy atom. The molecule has 1 heterocycles. The third-order valence-electron chi connectivity index (χ3n) is 8.47. The zero-order valence-electron chi connectivity index (χ0n) is 22.1. The van der Waals surface area contributed by atoms with E-state index in [1.807, 2.05) is 4.90 Å². The van der Waals surface area contributed by atoms with Gasteiger partial charge in [0.15, 0.2) is 0 Å². The highest BCUT2D eigenvalue weighted by Gasteiger charge is 2.53. The van der Waals surface area contributed by atoms with Crippen molar-refractivity contribution in [1.29, 1.82) is 5.26 Å². The van der Waals surface area contributed by atoms with Gasteiger partial charge < -0.3 is 21.1 Å². The minimum atomic E-state index is -0.449. The van der Waals surface area contributed by atoms with Crippen molar-refractivity contribution in [3.05, 3.63) is 0 Å². The lowest BCUT2D eigenvalue weighted by Crippen LogP contribution is -2.53. The zero-order chi connectivity index (χ0) is 25.5. The van der Waals surface area contributed by atoms with Gasteiger partial charge in [0.05, 0.1) is 6.07 Å². The van der Waals surface area contributed by atoms with Crippen LogP contribution in [-0.4, -0.2) is 48.1 Å². The molecule has 7 atom stereocenters. The Morgan fingerprint density at radius 1 is 1.15 bits per heavy atom. The van der Waals surface area contributed by atoms with Crippen molar-refractivity contribution in [1.82, 2.24) is 4.90 Å². The molecule has 2 saturated carbocycles. The maximum atomic E-state index is 13.4. The molecule has 4 N–H and O–H groups in total. The van der Waals surface area contributed by atoms with Gasteiger partial charge in [-0.05, 0) is 95.1 Å². The smallest absolute Gasteiger partial charge is 0.306 e. The maximum Gasteiger partial charge on any atom is 0.306 e. The lowest BCUT2D eigenvalue weighted by molar-refractivity contribution is -0.183. The minimum absolute atomic E-state index is 0.0901. The standard InChI is InChI=1S/C26H43N3O3.CH5N/c1-5-20-11-21-12-25(4,15-23(30)29-19(3)18(2)10-22(29)16-28)17-26(13-20,14-21)32-24(31)8-6-7-9-27;1-2/h18-22H,5-15,17,27H2,1-4H3;2H2,1H3/t18?,19-,20?,21?,22?,25?,26?;/m0./s1. The Bertz CT molecular complexity index is 738. The van der Waals surface area contributed by atoms with E-state index in [2.05, 4.69) is 39.5 Å². The number of nitrogens with two attached hydrogens (primary N) is 2. The number of nitrogens with zero attached hydrogens (tertiary/aromatic N) is 2. The average molecular weight is 477 g/mol. The molecule has 7 nitrogen and oxygen atoms in total. The van der Waals surface area contributed by atoms with Gasteiger partial charge in [-0.1, -0.05) is 27.2 Å². The quantitative estimate of drug-likeness (QED) is 0.401. The number of unbranched alkanes of at least 4 members (excludes halogenated alkanes) is 1. The van der Waals surface area contributed by atoms with Gasteiger partial charge in [-0.2, -0.15) is 5.26 Å². The van der Waals surface area contributed by atoms with Crippen LogP contribution in [0, 0.1) is 34.5 Å². The van der Waals surface area contributed by atoms with Gasteiger partial charge in [0.2, 0.25) is 5.91 Å². The zero-order valence-corrected chi connectivity index (χ0v) is 22.1. The third-order valence-corrected chi connectivity index (χ3v) is 8.47. The summed E-state index contributed by atoms with van der Waals surface area (Å²) in [6.07, 6.45) is 9.04. The van der Waals surface area contributed by atoms with E-state index >= 15 is 0 Å². The summed E-state index contributed by atoms with van der Waals surface area (Å²) in [5.74, 6) is 1.38. The van der Waals surface area contributed by atoms with Crippen LogP contribution in [0.3, 0.4) is 0 Å². The van der Waals surface area contributed by atoms with Crippen LogP contribution in [0.1, 0.15) is 98.3 Å². The summed E-state index contributed by atoms with van der Waals surface area (Å²) in [5.41, 5.74) is 9.42. The molecule has 7 heteroatoms. The van der Waals surface area contributed by atoms with Crippen LogP contribution in [-0.2, 0) is 14.3 Å². The number of esters is 1. The fourth-order valence-corrected chi connectivity index (χ4v) is 7.08. The number of carbonyl (C=O) groups is 2. The lowest BCUT2D eigenvalue weighted by Gasteiger charge is -2.54. The van der Waals surface area contributed by atoms with Gasteiger partial charge in [0, 0.05) is 18.9 Å². The van der Waals surface area contributed by atoms with Crippen LogP contribution in [0.25, 0.3) is 0 Å². The first-order chi connectivity index (χ1) is 16.1. The second kappa shape index (κ2) is 12.4. The van der Waals surface area contributed by atoms with Gasteiger partial charge in [-0.25, -0.2) is 0 Å². The van der Waals surface area contributed by atoms with Crippen molar-refractivity contribution in [3.8, 4) is 6.07 Å². The van der Waals surface area contributed by atoms with E-state index in [0.29, 0.717) is 37.1 Å². The van der Waals surface area contributed by atoms with Gasteiger partial charge in [0.1, 0.15) is 11.6 Å². The number of carbonyl (C=O) groups excluding carboxylic acids is 2. The predicted octanol–water partition coefficient (Wildman–Crippen LogP) is 4.14. The van der Waals surface area contributed by atoms with Crippen LogP contribution in [0.4, 0.5) is 0 Å². The molecule has 1 aliphatic heterocycles. The first-order valence-electron chi connectivity index (χ1n) is 13.3. The molecule has 194 valence electrons. The number of hydrogen-bond donors (Lipinski definition) is 2. The van der Waals surface area contributed by atoms with Crippen molar-refractivity contribution in [2.24, 2.45) is 34.6 Å². The molecule has 34 heavy (non-hydrogen) atoms. The SMILES string of the molecule is CCC1CC2CC(C)(CC(=O)N3C(C#N)CC(C)[C@@H]3C)CC(OC(=O)CCCCN)(C1)C2.CN. The molecular weight excluding hydrogens is 428 g/mol. The first-order valence-corrected chi connectivity index (χ1v) is 13.3. The number of nitriles is 1. The van der Waals surface area contributed by atoms with Crippen molar-refractivity contribution in [2.45, 2.75) is 116 Å². The Morgan fingerprint density at radius 2 is 1.85 bits per heavy atom. The molecule has 0 aromatic heterocycles. The topological polar surface area (TPSA) is 122 Å². The number of likely N-dealkylation sites (tertiary alicyclic amines) is 1. The van der Waals surface area contributed by atoms with E-state index in [-0.39, 0.29) is 29.4 Å². The van der Waals surface area contributed by atoms with Crippen molar-refractivity contribution in [3.63, 3.8) is 0 Å². The van der Waals surface area contributed by atoms with Crippen molar-refractivity contribution in [2.75, 3.05) is 13.6 Å². The second-order valence-electron chi connectivity index (χ2n) is 11.5. The summed E-state index contributed by atoms with van der Waals surface area (Å²) in [7, 11) is 1.50. The summed E-state index contributed by atoms with van der Waals surface area (Å²) in [4.78, 5) is 28.0. The fourth-order valence-electron chi connectivity index (χ4n) is 7.08. The van der Waals surface area contributed by atoms with Gasteiger partial charge >= 0.3 is 5.97 Å². The number of hydrogen-bond acceptors (Lipinski definition) is 6. The minimum Gasteiger partial charge on any atom is -0.459 e. The molecule has 3 rings (SSSR count). The van der Waals surface area contributed by atoms with E-state index < -0.39 is 5.60 Å². The number of ether oxygens (including phenoxy) is 1.